The fraction of sp³-hybridized carbons (Fsp3) is 0.915. The van der Waals surface area contributed by atoms with Gasteiger partial charge in [-0.25, -0.2) is 0 Å². The third-order valence-corrected chi connectivity index (χ3v) is 17.3. The molecule has 0 spiro atoms. The van der Waals surface area contributed by atoms with E-state index in [0.717, 1.165) is 64.1 Å². The molecule has 0 bridgehead atoms. The van der Waals surface area contributed by atoms with Gasteiger partial charge >= 0.3 is 0 Å². The predicted octanol–water partition coefficient (Wildman–Crippen LogP) is 16.9. The van der Waals surface area contributed by atoms with Gasteiger partial charge in [0.25, 0.3) is 0 Å². The number of Topliss-reactive ketones (excluding diaryl/α,β-unsaturated/α-hetero) is 1. The zero-order valence-corrected chi connectivity index (χ0v) is 55.9. The molecule has 494 valence electrons. The number of carbonyl (C=O) groups excluding carboxylic acids is 4. The molecular weight excluding hydrogens is 1060 g/mol. The van der Waals surface area contributed by atoms with Crippen molar-refractivity contribution in [3.8, 4) is 0 Å². The number of ether oxygens (including phenoxy) is 6. The average Bonchev–Trinajstić information content (AvgIpc) is 2.68. The van der Waals surface area contributed by atoms with Crippen LogP contribution in [0.25, 0.3) is 0 Å². The van der Waals surface area contributed by atoms with E-state index in [2.05, 4.69) is 57.4 Å². The molecule has 13 heteroatoms. The summed E-state index contributed by atoms with van der Waals surface area (Å²) >= 11 is 0. The summed E-state index contributed by atoms with van der Waals surface area (Å²) in [5.74, 6) is -0.299. The highest BCUT2D eigenvalue weighted by atomic mass is 16.7. The normalized spacial score (nSPS) is 22.8. The Bertz CT molecular complexity index is 1570. The Balaban J connectivity index is 0.000000855. The summed E-state index contributed by atoms with van der Waals surface area (Å²) in [6.07, 6.45) is 48.4. The highest BCUT2D eigenvalue weighted by molar-refractivity contribution is 5.98. The summed E-state index contributed by atoms with van der Waals surface area (Å²) in [5, 5.41) is 17.1. The number of carbonyl (C=O) groups is 4. The Morgan fingerprint density at radius 1 is 0.512 bits per heavy atom. The van der Waals surface area contributed by atoms with Crippen molar-refractivity contribution < 1.29 is 52.7 Å². The molecule has 2 aliphatic rings. The summed E-state index contributed by atoms with van der Waals surface area (Å²) < 4.78 is 36.3. The van der Waals surface area contributed by atoms with E-state index < -0.39 is 30.6 Å². The summed E-state index contributed by atoms with van der Waals surface area (Å²) in [4.78, 5) is 50.0. The number of allylic oxidation sites excluding steroid dienone is 2. The second-order valence-electron chi connectivity index (χ2n) is 24.9. The number of unbranched alkanes of at least 4 members (excludes halogenated alkanes) is 30. The van der Waals surface area contributed by atoms with Gasteiger partial charge in [-0.15, -0.1) is 0 Å². The van der Waals surface area contributed by atoms with E-state index in [-0.39, 0.29) is 60.3 Å². The smallest absolute Gasteiger partial charge is 0.227 e. The van der Waals surface area contributed by atoms with Gasteiger partial charge in [-0.1, -0.05) is 233 Å². The van der Waals surface area contributed by atoms with Gasteiger partial charge in [0.05, 0.1) is 43.5 Å². The van der Waals surface area contributed by atoms with E-state index in [4.69, 9.17) is 28.4 Å². The van der Waals surface area contributed by atoms with Gasteiger partial charge in [-0.3, -0.25) is 14.4 Å². The van der Waals surface area contributed by atoms with Crippen LogP contribution in [0.2, 0.25) is 0 Å². The molecule has 2 heterocycles. The fourth-order valence-corrected chi connectivity index (χ4v) is 11.9. The lowest BCUT2D eigenvalue weighted by atomic mass is 9.88. The van der Waals surface area contributed by atoms with Crippen LogP contribution in [-0.2, 0) is 47.6 Å². The summed E-state index contributed by atoms with van der Waals surface area (Å²) in [6.45, 7) is 18.8. The van der Waals surface area contributed by atoms with E-state index in [9.17, 15) is 24.3 Å². The number of hydrogen-bond acceptors (Lipinski definition) is 11. The topological polar surface area (TPSA) is 168 Å². The van der Waals surface area contributed by atoms with Crippen LogP contribution in [0.4, 0.5) is 0 Å². The Morgan fingerprint density at radius 2 is 0.988 bits per heavy atom. The number of hydrogen-bond donors (Lipinski definition) is 3. The van der Waals surface area contributed by atoms with Crippen molar-refractivity contribution in [1.82, 2.24) is 10.6 Å². The van der Waals surface area contributed by atoms with Crippen molar-refractivity contribution in [3.63, 3.8) is 0 Å². The highest BCUT2D eigenvalue weighted by Crippen LogP contribution is 2.31. The van der Waals surface area contributed by atoms with Gasteiger partial charge in [0.15, 0.2) is 6.29 Å². The second-order valence-corrected chi connectivity index (χ2v) is 24.9. The molecule has 2 amide bonds. The van der Waals surface area contributed by atoms with Gasteiger partial charge in [-0.05, 0) is 78.1 Å². The predicted molar refractivity (Wildman–Crippen MR) is 346 cm³/mol. The number of aliphatic hydroxyl groups is 1. The first-order valence-corrected chi connectivity index (χ1v) is 35.5. The van der Waals surface area contributed by atoms with Crippen LogP contribution in [0.1, 0.15) is 319 Å². The second kappa shape index (κ2) is 56.0. The van der Waals surface area contributed by atoms with Crippen molar-refractivity contribution in [2.45, 2.75) is 374 Å². The molecular formula is C71H134N2O11. The fourth-order valence-electron chi connectivity index (χ4n) is 11.9. The maximum atomic E-state index is 13.1. The van der Waals surface area contributed by atoms with Crippen molar-refractivity contribution in [2.75, 3.05) is 33.5 Å². The van der Waals surface area contributed by atoms with E-state index in [1.165, 1.54) is 173 Å². The van der Waals surface area contributed by atoms with Crippen molar-refractivity contribution >= 4 is 23.9 Å². The maximum Gasteiger partial charge on any atom is 0.227 e. The largest absolute Gasteiger partial charge is 0.388 e. The quantitative estimate of drug-likeness (QED) is 0.0229. The van der Waals surface area contributed by atoms with Gasteiger partial charge < -0.3 is 49.0 Å². The van der Waals surface area contributed by atoms with Gasteiger partial charge in [0.1, 0.15) is 30.3 Å². The molecule has 11 atom stereocenters. The average molecular weight is 1190 g/mol. The minimum atomic E-state index is -0.798. The maximum absolute atomic E-state index is 13.1. The Kier molecular flexibility index (Phi) is 53.2. The molecule has 2 saturated heterocycles. The Labute approximate surface area is 516 Å². The third kappa shape index (κ3) is 39.6. The lowest BCUT2D eigenvalue weighted by Gasteiger charge is -2.45. The molecule has 2 fully saturated rings. The first-order chi connectivity index (χ1) is 41.0. The number of methoxy groups -OCH3 is 1. The number of ketones is 1. The molecule has 84 heavy (non-hydrogen) atoms. The van der Waals surface area contributed by atoms with Crippen LogP contribution in [0, 0.1) is 11.8 Å². The molecule has 0 aromatic rings. The van der Waals surface area contributed by atoms with Gasteiger partial charge in [0, 0.05) is 51.6 Å². The zero-order chi connectivity index (χ0) is 61.7. The van der Waals surface area contributed by atoms with Crippen LogP contribution in [0.15, 0.2) is 12.2 Å². The first-order valence-electron chi connectivity index (χ1n) is 35.5. The van der Waals surface area contributed by atoms with Gasteiger partial charge in [-0.2, -0.15) is 0 Å². The molecule has 3 N–H and O–H groups in total. The zero-order valence-electron chi connectivity index (χ0n) is 55.9. The van der Waals surface area contributed by atoms with Crippen LogP contribution >= 0.6 is 0 Å². The van der Waals surface area contributed by atoms with E-state index >= 15 is 0 Å². The molecule has 0 aliphatic carbocycles. The SMILES string of the molecule is CCCCCC/C=C\CCCCCCCCCC(=O)NC1C(OCC)OC(COC)C(C)C1OCCC(C=O)CCCCCCC.CCCCCCCCCCCC(=O)CC(=O)NC1C(C)OC(CC)C(O)C1OCCCCCCCCCC. The highest BCUT2D eigenvalue weighted by Gasteiger charge is 2.46. The molecule has 2 rings (SSSR count). The molecule has 0 aromatic heterocycles. The summed E-state index contributed by atoms with van der Waals surface area (Å²) in [5.41, 5.74) is 0. The molecule has 2 aliphatic heterocycles. The molecule has 11 unspecified atom stereocenters. The van der Waals surface area contributed by atoms with E-state index in [1.54, 1.807) is 7.11 Å². The van der Waals surface area contributed by atoms with Crippen molar-refractivity contribution in [1.29, 1.82) is 0 Å². The summed E-state index contributed by atoms with van der Waals surface area (Å²) in [6, 6.07) is -0.875. The minimum absolute atomic E-state index is 0.00391. The molecule has 13 nitrogen and oxygen atoms in total. The standard InChI is InChI=1S/C39H73NO6.C32H61NO5/c1-6-9-11-13-14-15-16-17-18-19-20-21-22-24-26-28-36(42)40-37-38(33(4)35(32-43-5)46-39(37)44-8-3)45-30-29-34(31-41)27-25-23-12-10-7-2;1-5-8-10-12-14-16-17-19-21-23-27(34)25-29(35)33-30-26(4)38-28(7-3)31(36)32(30)37-24-22-20-18-15-13-11-9-6-2/h15-16,31,33-35,37-39H,6-14,17-30,32H2,1-5H3,(H,40,42);26,28,30-32,36H,5-25H2,1-4H3,(H,33,35)/b16-15-;. The van der Waals surface area contributed by atoms with E-state index in [0.29, 0.717) is 52.1 Å². The van der Waals surface area contributed by atoms with Crippen LogP contribution < -0.4 is 10.6 Å². The third-order valence-electron chi connectivity index (χ3n) is 17.3. The molecule has 0 saturated carbocycles. The molecule has 0 radical (unpaired) electrons. The lowest BCUT2D eigenvalue weighted by molar-refractivity contribution is -0.261. The van der Waals surface area contributed by atoms with Crippen LogP contribution in [0.3, 0.4) is 0 Å². The monoisotopic (exact) mass is 1190 g/mol. The van der Waals surface area contributed by atoms with Crippen LogP contribution in [-0.4, -0.2) is 118 Å². The first kappa shape index (κ1) is 79.8. The summed E-state index contributed by atoms with van der Waals surface area (Å²) in [7, 11) is 1.67. The lowest BCUT2D eigenvalue weighted by Crippen LogP contribution is -2.63. The number of nitrogens with one attached hydrogen (secondary N) is 2. The van der Waals surface area contributed by atoms with Crippen molar-refractivity contribution in [2.24, 2.45) is 11.8 Å². The Hall–Kier alpha value is -2.26. The number of amides is 2. The molecule has 0 aromatic carbocycles. The number of aldehydes is 1. The number of rotatable bonds is 55. The van der Waals surface area contributed by atoms with Crippen LogP contribution in [0.5, 0.6) is 0 Å². The van der Waals surface area contributed by atoms with Crippen molar-refractivity contribution in [3.05, 3.63) is 12.2 Å². The Morgan fingerprint density at radius 3 is 1.51 bits per heavy atom. The van der Waals surface area contributed by atoms with Gasteiger partial charge in [0.2, 0.25) is 11.8 Å². The number of aliphatic hydroxyl groups excluding tert-OH is 1. The van der Waals surface area contributed by atoms with E-state index in [1.807, 2.05) is 20.8 Å². The minimum Gasteiger partial charge on any atom is -0.388 e.